The van der Waals surface area contributed by atoms with E-state index in [0.29, 0.717) is 28.0 Å². The summed E-state index contributed by atoms with van der Waals surface area (Å²) in [5, 5.41) is 11.0. The Morgan fingerprint density at radius 2 is 1.20 bits per heavy atom. The summed E-state index contributed by atoms with van der Waals surface area (Å²) in [5.41, 5.74) is 3.47. The predicted molar refractivity (Wildman–Crippen MR) is 116 cm³/mol. The van der Waals surface area contributed by atoms with E-state index in [4.69, 9.17) is 4.74 Å². The van der Waals surface area contributed by atoms with Crippen molar-refractivity contribution in [2.24, 2.45) is 0 Å². The number of aromatic hydroxyl groups is 1. The van der Waals surface area contributed by atoms with Gasteiger partial charge in [0.2, 0.25) is 0 Å². The number of benzene rings is 3. The Kier molecular flexibility index (Phi) is 4.53. The van der Waals surface area contributed by atoms with Gasteiger partial charge in [-0.25, -0.2) is 0 Å². The van der Waals surface area contributed by atoms with Crippen molar-refractivity contribution in [2.75, 3.05) is 7.11 Å². The van der Waals surface area contributed by atoms with Crippen molar-refractivity contribution < 1.29 is 19.4 Å². The summed E-state index contributed by atoms with van der Waals surface area (Å²) < 4.78 is 5.64. The topological polar surface area (TPSA) is 63.6 Å². The largest absolute Gasteiger partial charge is 0.508 e. The molecule has 4 rings (SSSR count). The highest BCUT2D eigenvalue weighted by atomic mass is 16.5. The van der Waals surface area contributed by atoms with Crippen LogP contribution >= 0.6 is 0 Å². The second-order valence-corrected chi connectivity index (χ2v) is 8.04. The van der Waals surface area contributed by atoms with Crippen molar-refractivity contribution in [3.05, 3.63) is 93.0 Å². The van der Waals surface area contributed by atoms with Crippen LogP contribution in [0.5, 0.6) is 11.5 Å². The third-order valence-electron chi connectivity index (χ3n) is 6.33. The number of aryl methyl sites for hydroxylation is 4. The molecule has 1 aliphatic rings. The van der Waals surface area contributed by atoms with Gasteiger partial charge in [0.05, 0.1) is 7.11 Å². The van der Waals surface area contributed by atoms with E-state index in [1.54, 1.807) is 36.4 Å². The molecule has 0 amide bonds. The van der Waals surface area contributed by atoms with Crippen molar-refractivity contribution >= 4 is 11.6 Å². The molecule has 1 N–H and O–H groups in total. The van der Waals surface area contributed by atoms with Gasteiger partial charge >= 0.3 is 0 Å². The van der Waals surface area contributed by atoms with Crippen LogP contribution in [0.15, 0.2) is 48.5 Å². The molecule has 0 saturated carbocycles. The molecule has 0 unspecified atom stereocenters. The van der Waals surface area contributed by atoms with E-state index in [9.17, 15) is 14.7 Å². The zero-order valence-electron chi connectivity index (χ0n) is 17.8. The number of carbonyl (C=O) groups excluding carboxylic acids is 2. The molecule has 0 radical (unpaired) electrons. The molecule has 152 valence electrons. The molecule has 4 nitrogen and oxygen atoms in total. The fraction of sp³-hybridized carbons (Fsp3) is 0.231. The van der Waals surface area contributed by atoms with Crippen molar-refractivity contribution in [2.45, 2.75) is 33.1 Å². The normalized spacial score (nSPS) is 14.7. The lowest BCUT2D eigenvalue weighted by Gasteiger charge is -2.30. The molecule has 0 saturated heterocycles. The van der Waals surface area contributed by atoms with Gasteiger partial charge in [-0.2, -0.15) is 0 Å². The molecular weight excluding hydrogens is 376 g/mol. The average molecular weight is 400 g/mol. The van der Waals surface area contributed by atoms with E-state index in [0.717, 1.165) is 22.3 Å². The Labute approximate surface area is 176 Å². The van der Waals surface area contributed by atoms with Crippen molar-refractivity contribution in [3.8, 4) is 11.5 Å². The number of ether oxygens (including phenoxy) is 1. The van der Waals surface area contributed by atoms with Crippen molar-refractivity contribution in [1.82, 2.24) is 0 Å². The molecule has 0 heterocycles. The second kappa shape index (κ2) is 6.84. The first-order chi connectivity index (χ1) is 14.2. The van der Waals surface area contributed by atoms with Gasteiger partial charge in [0, 0.05) is 22.3 Å². The molecule has 0 fully saturated rings. The van der Waals surface area contributed by atoms with E-state index < -0.39 is 5.41 Å². The molecule has 4 heteroatoms. The Hall–Kier alpha value is -3.40. The summed E-state index contributed by atoms with van der Waals surface area (Å²) in [7, 11) is 1.53. The maximum atomic E-state index is 14.0. The zero-order valence-corrected chi connectivity index (χ0v) is 17.8. The summed E-state index contributed by atoms with van der Waals surface area (Å²) in [4.78, 5) is 27.9. The van der Waals surface area contributed by atoms with Crippen LogP contribution in [0.3, 0.4) is 0 Å². The number of rotatable bonds is 3. The number of ketones is 2. The number of phenols is 1. The SMILES string of the molecule is COc1cc(C)c(C)cc1C1(c2cc(C)c(C)cc2O)C(=O)c2ccccc2C1=O. The van der Waals surface area contributed by atoms with Crippen LogP contribution < -0.4 is 4.74 Å². The number of hydrogen-bond acceptors (Lipinski definition) is 4. The lowest BCUT2D eigenvalue weighted by molar-refractivity contribution is 0.0824. The monoisotopic (exact) mass is 400 g/mol. The molecule has 0 spiro atoms. The first-order valence-corrected chi connectivity index (χ1v) is 9.88. The summed E-state index contributed by atoms with van der Waals surface area (Å²) >= 11 is 0. The van der Waals surface area contributed by atoms with E-state index in [2.05, 4.69) is 0 Å². The van der Waals surface area contributed by atoms with Crippen LogP contribution in [0.1, 0.15) is 54.1 Å². The quantitative estimate of drug-likeness (QED) is 0.629. The predicted octanol–water partition coefficient (Wildman–Crippen LogP) is 5.00. The zero-order chi connectivity index (χ0) is 21.8. The molecule has 30 heavy (non-hydrogen) atoms. The Balaban J connectivity index is 2.18. The fourth-order valence-electron chi connectivity index (χ4n) is 4.37. The molecule has 0 atom stereocenters. The number of Topliss-reactive ketones (excluding diaryl/α,β-unsaturated/α-hetero) is 2. The third kappa shape index (κ3) is 2.53. The highest BCUT2D eigenvalue weighted by Crippen LogP contribution is 2.51. The number of fused-ring (bicyclic) bond motifs is 1. The van der Waals surface area contributed by atoms with Gasteiger partial charge in [-0.05, 0) is 62.1 Å². The lowest BCUT2D eigenvalue weighted by Crippen LogP contribution is -2.40. The van der Waals surface area contributed by atoms with Crippen molar-refractivity contribution in [1.29, 1.82) is 0 Å². The number of phenolic OH excluding ortho intramolecular Hbond substituents is 1. The van der Waals surface area contributed by atoms with Crippen LogP contribution in [0.4, 0.5) is 0 Å². The van der Waals surface area contributed by atoms with Gasteiger partial charge in [0.25, 0.3) is 0 Å². The standard InChI is InChI=1S/C26H24O4/c1-14-10-20(22(27)12-16(14)3)26(21-11-15(2)17(4)13-23(21)30-5)24(28)18-8-6-7-9-19(18)25(26)29/h6-13,27H,1-5H3. The summed E-state index contributed by atoms with van der Waals surface area (Å²) in [6, 6.07) is 13.9. The minimum Gasteiger partial charge on any atom is -0.508 e. The van der Waals surface area contributed by atoms with E-state index in [1.165, 1.54) is 7.11 Å². The van der Waals surface area contributed by atoms with Gasteiger partial charge in [-0.1, -0.05) is 36.4 Å². The fourth-order valence-corrected chi connectivity index (χ4v) is 4.37. The minimum absolute atomic E-state index is 0.0760. The maximum Gasteiger partial charge on any atom is 0.186 e. The third-order valence-corrected chi connectivity index (χ3v) is 6.33. The summed E-state index contributed by atoms with van der Waals surface area (Å²) in [6.45, 7) is 7.67. The van der Waals surface area contributed by atoms with Gasteiger partial charge in [0.1, 0.15) is 11.5 Å². The number of hydrogen-bond donors (Lipinski definition) is 1. The molecule has 3 aromatic rings. The van der Waals surface area contributed by atoms with Crippen LogP contribution in [-0.2, 0) is 5.41 Å². The Morgan fingerprint density at radius 1 is 0.733 bits per heavy atom. The van der Waals surface area contributed by atoms with Crippen LogP contribution in [0.25, 0.3) is 0 Å². The number of methoxy groups -OCH3 is 1. The molecule has 1 aliphatic carbocycles. The second-order valence-electron chi connectivity index (χ2n) is 8.04. The maximum absolute atomic E-state index is 14.0. The Morgan fingerprint density at radius 3 is 1.73 bits per heavy atom. The minimum atomic E-state index is -1.70. The van der Waals surface area contributed by atoms with Crippen LogP contribution in [0.2, 0.25) is 0 Å². The first kappa shape index (κ1) is 19.9. The highest BCUT2D eigenvalue weighted by molar-refractivity contribution is 6.35. The number of carbonyl (C=O) groups is 2. The van der Waals surface area contributed by atoms with Gasteiger partial charge in [0.15, 0.2) is 17.0 Å². The van der Waals surface area contributed by atoms with Gasteiger partial charge in [-0.3, -0.25) is 9.59 Å². The van der Waals surface area contributed by atoms with E-state index in [1.807, 2.05) is 39.8 Å². The lowest BCUT2D eigenvalue weighted by atomic mass is 9.68. The first-order valence-electron chi connectivity index (χ1n) is 9.88. The van der Waals surface area contributed by atoms with E-state index >= 15 is 0 Å². The average Bonchev–Trinajstić information content (AvgIpc) is 2.95. The molecule has 3 aromatic carbocycles. The van der Waals surface area contributed by atoms with Crippen LogP contribution in [0, 0.1) is 27.7 Å². The highest BCUT2D eigenvalue weighted by Gasteiger charge is 2.57. The molecule has 0 aromatic heterocycles. The summed E-state index contributed by atoms with van der Waals surface area (Å²) in [6.07, 6.45) is 0. The van der Waals surface area contributed by atoms with Gasteiger partial charge < -0.3 is 9.84 Å². The molecule has 0 bridgehead atoms. The molecular formula is C26H24O4. The van der Waals surface area contributed by atoms with E-state index in [-0.39, 0.29) is 17.3 Å². The smallest absolute Gasteiger partial charge is 0.186 e. The molecule has 0 aliphatic heterocycles. The van der Waals surface area contributed by atoms with Crippen molar-refractivity contribution in [3.63, 3.8) is 0 Å². The summed E-state index contributed by atoms with van der Waals surface area (Å²) in [5.74, 6) is -0.315. The van der Waals surface area contributed by atoms with Gasteiger partial charge in [-0.15, -0.1) is 0 Å². The Bertz CT molecular complexity index is 1180. The van der Waals surface area contributed by atoms with Crippen LogP contribution in [-0.4, -0.2) is 23.8 Å².